The van der Waals surface area contributed by atoms with E-state index in [-0.39, 0.29) is 16.7 Å². The molecule has 0 aliphatic carbocycles. The molecular formula is C43H48ClN9O3. The lowest BCUT2D eigenvalue weighted by molar-refractivity contribution is -0.147. The topological polar surface area (TPSA) is 113 Å². The van der Waals surface area contributed by atoms with Gasteiger partial charge in [0.15, 0.2) is 5.65 Å². The van der Waals surface area contributed by atoms with Crippen molar-refractivity contribution in [1.29, 1.82) is 0 Å². The first-order valence-corrected chi connectivity index (χ1v) is 20.0. The molecule has 56 heavy (non-hydrogen) atoms. The van der Waals surface area contributed by atoms with E-state index in [1.54, 1.807) is 20.2 Å². The molecule has 9 rings (SSSR count). The van der Waals surface area contributed by atoms with Crippen molar-refractivity contribution < 1.29 is 14.3 Å². The van der Waals surface area contributed by atoms with E-state index in [0.29, 0.717) is 16.6 Å². The molecule has 4 fully saturated rings. The van der Waals surface area contributed by atoms with E-state index in [2.05, 4.69) is 51.8 Å². The molecule has 0 atom stereocenters. The van der Waals surface area contributed by atoms with Crippen LogP contribution in [0.4, 0.5) is 0 Å². The van der Waals surface area contributed by atoms with Crippen molar-refractivity contribution in [3.63, 3.8) is 0 Å². The molecule has 2 spiro atoms. The molecule has 4 saturated heterocycles. The van der Waals surface area contributed by atoms with E-state index in [9.17, 15) is 9.59 Å². The Kier molecular flexibility index (Phi) is 9.33. The van der Waals surface area contributed by atoms with Gasteiger partial charge >= 0.3 is 0 Å². The molecule has 0 unspecified atom stereocenters. The van der Waals surface area contributed by atoms with E-state index in [0.717, 1.165) is 141 Å². The Morgan fingerprint density at radius 1 is 0.893 bits per heavy atom. The number of carbonyl (C=O) groups is 2. The largest absolute Gasteiger partial charge is 0.480 e. The summed E-state index contributed by atoms with van der Waals surface area (Å²) in [6.45, 7) is 13.0. The number of hydrogen-bond acceptors (Lipinski definition) is 9. The molecule has 3 aromatic heterocycles. The number of methoxy groups -OCH3 is 1. The zero-order valence-electron chi connectivity index (χ0n) is 32.6. The van der Waals surface area contributed by atoms with Crippen LogP contribution in [0.15, 0.2) is 55.0 Å². The molecule has 0 bridgehead atoms. The maximum absolute atomic E-state index is 11.8. The molecule has 4 aliphatic heterocycles. The molecule has 2 amide bonds. The number of benzene rings is 2. The predicted octanol–water partition coefficient (Wildman–Crippen LogP) is 5.35. The lowest BCUT2D eigenvalue weighted by Gasteiger charge is -2.59. The van der Waals surface area contributed by atoms with Gasteiger partial charge in [-0.2, -0.15) is 0 Å². The van der Waals surface area contributed by atoms with Crippen LogP contribution in [0.1, 0.15) is 37.1 Å². The van der Waals surface area contributed by atoms with Crippen molar-refractivity contribution in [2.45, 2.75) is 39.7 Å². The number of amides is 2. The summed E-state index contributed by atoms with van der Waals surface area (Å²) in [7, 11) is 3.67. The Bertz CT molecular complexity index is 2340. The Morgan fingerprint density at radius 2 is 1.59 bits per heavy atom. The van der Waals surface area contributed by atoms with Gasteiger partial charge in [0, 0.05) is 125 Å². The highest BCUT2D eigenvalue weighted by Gasteiger charge is 2.51. The first-order valence-electron chi connectivity index (χ1n) is 19.6. The molecule has 0 N–H and O–H groups in total. The summed E-state index contributed by atoms with van der Waals surface area (Å²) in [6.07, 6.45) is 9.38. The lowest BCUT2D eigenvalue weighted by Crippen LogP contribution is -2.71. The number of rotatable bonds is 11. The van der Waals surface area contributed by atoms with Crippen molar-refractivity contribution >= 4 is 35.1 Å². The summed E-state index contributed by atoms with van der Waals surface area (Å²) < 4.78 is 7.84. The van der Waals surface area contributed by atoms with Crippen LogP contribution >= 0.6 is 11.6 Å². The van der Waals surface area contributed by atoms with Crippen LogP contribution in [0.3, 0.4) is 0 Å². The van der Waals surface area contributed by atoms with E-state index >= 15 is 0 Å². The number of aromatic nitrogens is 5. The molecule has 4 aliphatic rings. The molecule has 7 heterocycles. The summed E-state index contributed by atoms with van der Waals surface area (Å²) >= 11 is 7.27. The van der Waals surface area contributed by atoms with Crippen molar-refractivity contribution in [2.75, 3.05) is 66.0 Å². The van der Waals surface area contributed by atoms with Gasteiger partial charge in [-0.1, -0.05) is 54.9 Å². The SMILES string of the molecule is CCc1c(-c2cnc3c(CN4CC5(CN(C=O)C5)C4)cn(C)c3n2)cccc1-c1cccc(-c2cnc(CCN3CC4(CCN(C(C)=O)C4)C3)c(OC)n2)c1Cl. The van der Waals surface area contributed by atoms with Crippen molar-refractivity contribution in [1.82, 2.24) is 44.1 Å². The number of nitrogens with zero attached hydrogens (tertiary/aromatic N) is 9. The van der Waals surface area contributed by atoms with Crippen molar-refractivity contribution in [2.24, 2.45) is 17.9 Å². The van der Waals surface area contributed by atoms with E-state index in [4.69, 9.17) is 36.3 Å². The smallest absolute Gasteiger partial charge is 0.235 e. The number of fused-ring (bicyclic) bond motifs is 1. The van der Waals surface area contributed by atoms with Gasteiger partial charge in [-0.3, -0.25) is 24.5 Å². The second-order valence-corrected chi connectivity index (χ2v) is 16.9. The molecule has 0 saturated carbocycles. The number of ether oxygens (including phenoxy) is 1. The van der Waals surface area contributed by atoms with E-state index in [1.165, 1.54) is 5.56 Å². The third-order valence-corrected chi connectivity index (χ3v) is 12.9. The second kappa shape index (κ2) is 14.2. The predicted molar refractivity (Wildman–Crippen MR) is 216 cm³/mol. The van der Waals surface area contributed by atoms with Crippen LogP contribution < -0.4 is 4.74 Å². The van der Waals surface area contributed by atoms with E-state index < -0.39 is 0 Å². The van der Waals surface area contributed by atoms with Crippen LogP contribution in [0, 0.1) is 10.8 Å². The van der Waals surface area contributed by atoms with Crippen LogP contribution in [-0.4, -0.2) is 122 Å². The highest BCUT2D eigenvalue weighted by molar-refractivity contribution is 6.36. The van der Waals surface area contributed by atoms with Gasteiger partial charge in [0.2, 0.25) is 18.2 Å². The molecule has 5 aromatic rings. The van der Waals surface area contributed by atoms with Crippen LogP contribution in [0.2, 0.25) is 5.02 Å². The Balaban J connectivity index is 0.926. The minimum Gasteiger partial charge on any atom is -0.480 e. The minimum absolute atomic E-state index is 0.173. The van der Waals surface area contributed by atoms with Crippen molar-refractivity contribution in [3.8, 4) is 39.5 Å². The Hall–Kier alpha value is -4.91. The van der Waals surface area contributed by atoms with Crippen LogP contribution in [-0.2, 0) is 36.0 Å². The Labute approximate surface area is 332 Å². The number of carbonyl (C=O) groups excluding carboxylic acids is 2. The molecule has 2 aromatic carbocycles. The summed E-state index contributed by atoms with van der Waals surface area (Å²) in [5.74, 6) is 0.682. The van der Waals surface area contributed by atoms with Gasteiger partial charge in [0.25, 0.3) is 0 Å². The molecular weight excluding hydrogens is 726 g/mol. The quantitative estimate of drug-likeness (QED) is 0.164. The highest BCUT2D eigenvalue weighted by Crippen LogP contribution is 2.43. The summed E-state index contributed by atoms with van der Waals surface area (Å²) in [5.41, 5.74) is 10.7. The van der Waals surface area contributed by atoms with E-state index in [1.807, 2.05) is 35.2 Å². The van der Waals surface area contributed by atoms with Gasteiger partial charge < -0.3 is 24.0 Å². The van der Waals surface area contributed by atoms with Crippen LogP contribution in [0.25, 0.3) is 44.8 Å². The second-order valence-electron chi connectivity index (χ2n) is 16.6. The maximum atomic E-state index is 11.8. The normalized spacial score (nSPS) is 18.7. The third-order valence-electron chi connectivity index (χ3n) is 12.5. The lowest BCUT2D eigenvalue weighted by atomic mass is 9.73. The Morgan fingerprint density at radius 3 is 2.30 bits per heavy atom. The monoisotopic (exact) mass is 773 g/mol. The summed E-state index contributed by atoms with van der Waals surface area (Å²) in [5, 5.41) is 0.604. The molecule has 12 nitrogen and oxygen atoms in total. The summed E-state index contributed by atoms with van der Waals surface area (Å²) in [4.78, 5) is 51.5. The fourth-order valence-corrected chi connectivity index (χ4v) is 10.2. The van der Waals surface area contributed by atoms with Gasteiger partial charge in [-0.15, -0.1) is 0 Å². The highest BCUT2D eigenvalue weighted by atomic mass is 35.5. The molecule has 290 valence electrons. The average molecular weight is 774 g/mol. The molecule has 0 radical (unpaired) electrons. The van der Waals surface area contributed by atoms with Gasteiger partial charge in [0.05, 0.1) is 35.9 Å². The number of likely N-dealkylation sites (tertiary alicyclic amines) is 4. The minimum atomic E-state index is 0.173. The number of aryl methyl sites for hydroxylation is 1. The zero-order valence-corrected chi connectivity index (χ0v) is 33.3. The fraction of sp³-hybridized carbons (Fsp3) is 0.442. The number of halogens is 1. The summed E-state index contributed by atoms with van der Waals surface area (Å²) in [6, 6.07) is 12.3. The van der Waals surface area contributed by atoms with Gasteiger partial charge in [-0.25, -0.2) is 9.97 Å². The van der Waals surface area contributed by atoms with Gasteiger partial charge in [-0.05, 0) is 24.0 Å². The maximum Gasteiger partial charge on any atom is 0.235 e. The average Bonchev–Trinajstić information content (AvgIpc) is 3.75. The number of hydrogen-bond donors (Lipinski definition) is 0. The fourth-order valence-electron chi connectivity index (χ4n) is 9.84. The van der Waals surface area contributed by atoms with Gasteiger partial charge in [0.1, 0.15) is 11.2 Å². The standard InChI is InChI=1S/C43H48ClN9O3/c1-5-30-31(8-6-9-32(30)36-17-46-39-29(18-49(3)40(39)47-36)19-51-22-43(23-51)24-52(25-43)27-54)33-10-7-11-34(38(33)44)37-16-45-35(41(48-37)56-4)12-14-50-20-42(21-50)13-15-53(26-42)28(2)55/h6-11,16-18,27H,5,12-15,19-26H2,1-4H3. The first-order chi connectivity index (χ1) is 27.1. The van der Waals surface area contributed by atoms with Crippen LogP contribution in [0.5, 0.6) is 5.88 Å². The van der Waals surface area contributed by atoms with Crippen molar-refractivity contribution in [3.05, 3.63) is 76.8 Å². The third kappa shape index (κ3) is 6.41. The first kappa shape index (κ1) is 36.7. The molecule has 13 heteroatoms. The zero-order chi connectivity index (χ0) is 38.8.